The van der Waals surface area contributed by atoms with Gasteiger partial charge in [0.1, 0.15) is 5.78 Å². The van der Waals surface area contributed by atoms with Gasteiger partial charge in [0.25, 0.3) is 0 Å². The lowest BCUT2D eigenvalue weighted by Gasteiger charge is -2.08. The first-order valence-corrected chi connectivity index (χ1v) is 10.1. The first kappa shape index (κ1) is 24.3. The van der Waals surface area contributed by atoms with Crippen LogP contribution in [0.3, 0.4) is 0 Å². The SMILES string of the molecule is CSCCCC(=O)NCCOCCOCCOCCOCCC(C)=O. The van der Waals surface area contributed by atoms with Crippen molar-refractivity contribution in [2.24, 2.45) is 0 Å². The molecule has 7 nitrogen and oxygen atoms in total. The molecule has 1 amide bonds. The molecule has 0 rings (SSSR count). The summed E-state index contributed by atoms with van der Waals surface area (Å²) in [7, 11) is 0. The highest BCUT2D eigenvalue weighted by molar-refractivity contribution is 7.98. The molecule has 25 heavy (non-hydrogen) atoms. The first-order chi connectivity index (χ1) is 12.2. The third-order valence-corrected chi connectivity index (χ3v) is 3.73. The number of ether oxygens (including phenoxy) is 4. The molecule has 0 unspecified atom stereocenters. The van der Waals surface area contributed by atoms with Crippen LogP contribution in [-0.2, 0) is 28.5 Å². The summed E-state index contributed by atoms with van der Waals surface area (Å²) in [5.74, 6) is 1.22. The maximum absolute atomic E-state index is 11.4. The van der Waals surface area contributed by atoms with Crippen LogP contribution < -0.4 is 5.32 Å². The minimum Gasteiger partial charge on any atom is -0.379 e. The Morgan fingerprint density at radius 1 is 0.800 bits per heavy atom. The van der Waals surface area contributed by atoms with E-state index >= 15 is 0 Å². The van der Waals surface area contributed by atoms with E-state index in [1.165, 1.54) is 0 Å². The van der Waals surface area contributed by atoms with E-state index in [1.54, 1.807) is 18.7 Å². The second kappa shape index (κ2) is 19.7. The average Bonchev–Trinajstić information content (AvgIpc) is 2.58. The molecule has 0 saturated heterocycles. The van der Waals surface area contributed by atoms with Gasteiger partial charge in [0, 0.05) is 19.4 Å². The first-order valence-electron chi connectivity index (χ1n) is 8.73. The summed E-state index contributed by atoms with van der Waals surface area (Å²) >= 11 is 1.75. The molecule has 0 radical (unpaired) electrons. The van der Waals surface area contributed by atoms with E-state index in [1.807, 2.05) is 6.26 Å². The van der Waals surface area contributed by atoms with E-state index in [0.29, 0.717) is 72.2 Å². The standard InChI is InChI=1S/C17H33NO6S/c1-16(19)5-7-21-9-11-23-13-14-24-12-10-22-8-6-18-17(20)4-3-15-25-2/h3-15H2,1-2H3,(H,18,20). The lowest BCUT2D eigenvalue weighted by atomic mass is 10.3. The predicted octanol–water partition coefficient (Wildman–Crippen LogP) is 1.29. The second-order valence-corrected chi connectivity index (χ2v) is 6.33. The van der Waals surface area contributed by atoms with E-state index in [0.717, 1.165) is 12.2 Å². The number of amides is 1. The number of ketones is 1. The minimum absolute atomic E-state index is 0.0799. The summed E-state index contributed by atoms with van der Waals surface area (Å²) in [4.78, 5) is 22.1. The molecule has 0 aromatic rings. The van der Waals surface area contributed by atoms with Crippen molar-refractivity contribution in [3.63, 3.8) is 0 Å². The van der Waals surface area contributed by atoms with Crippen molar-refractivity contribution in [2.75, 3.05) is 71.4 Å². The second-order valence-electron chi connectivity index (χ2n) is 5.35. The van der Waals surface area contributed by atoms with Crippen LogP contribution in [0.15, 0.2) is 0 Å². The lowest BCUT2D eigenvalue weighted by molar-refractivity contribution is -0.121. The summed E-state index contributed by atoms with van der Waals surface area (Å²) in [6.45, 7) is 6.00. The fourth-order valence-corrected chi connectivity index (χ4v) is 2.14. The van der Waals surface area contributed by atoms with Crippen LogP contribution in [0, 0.1) is 0 Å². The van der Waals surface area contributed by atoms with Gasteiger partial charge in [-0.05, 0) is 25.4 Å². The highest BCUT2D eigenvalue weighted by Crippen LogP contribution is 1.98. The molecule has 0 heterocycles. The molecule has 0 fully saturated rings. The van der Waals surface area contributed by atoms with Gasteiger partial charge < -0.3 is 24.3 Å². The number of rotatable bonds is 19. The molecule has 0 aromatic carbocycles. The van der Waals surface area contributed by atoms with Crippen LogP contribution in [0.1, 0.15) is 26.2 Å². The molecule has 1 N–H and O–H groups in total. The summed E-state index contributed by atoms with van der Waals surface area (Å²) in [6, 6.07) is 0. The van der Waals surface area contributed by atoms with E-state index in [4.69, 9.17) is 18.9 Å². The molecule has 0 aliphatic heterocycles. The Balaban J connectivity index is 3.09. The van der Waals surface area contributed by atoms with E-state index in [-0.39, 0.29) is 11.7 Å². The molecule has 0 saturated carbocycles. The van der Waals surface area contributed by atoms with Crippen molar-refractivity contribution in [1.82, 2.24) is 5.32 Å². The average molecular weight is 380 g/mol. The number of carbonyl (C=O) groups excluding carboxylic acids is 2. The number of hydrogen-bond acceptors (Lipinski definition) is 7. The molecule has 8 heteroatoms. The molecule has 0 aromatic heterocycles. The summed E-state index contributed by atoms with van der Waals surface area (Å²) in [5.41, 5.74) is 0. The Hall–Kier alpha value is -0.670. The topological polar surface area (TPSA) is 83.1 Å². The molecule has 148 valence electrons. The fourth-order valence-electron chi connectivity index (χ4n) is 1.71. The van der Waals surface area contributed by atoms with Crippen LogP contribution >= 0.6 is 11.8 Å². The van der Waals surface area contributed by atoms with Gasteiger partial charge in [-0.1, -0.05) is 0 Å². The normalized spacial score (nSPS) is 10.8. The Labute approximate surface area is 155 Å². The highest BCUT2D eigenvalue weighted by atomic mass is 32.2. The van der Waals surface area contributed by atoms with Gasteiger partial charge in [0.2, 0.25) is 5.91 Å². The Bertz CT molecular complexity index is 330. The summed E-state index contributed by atoms with van der Waals surface area (Å²) in [6.07, 6.45) is 3.97. The number of thioether (sulfide) groups is 1. The van der Waals surface area contributed by atoms with E-state index in [9.17, 15) is 9.59 Å². The van der Waals surface area contributed by atoms with Crippen LogP contribution in [0.4, 0.5) is 0 Å². The van der Waals surface area contributed by atoms with Crippen molar-refractivity contribution < 1.29 is 28.5 Å². The third-order valence-electron chi connectivity index (χ3n) is 3.04. The molecule has 0 atom stereocenters. The minimum atomic E-state index is 0.0799. The van der Waals surface area contributed by atoms with Crippen LogP contribution in [-0.4, -0.2) is 83.1 Å². The lowest BCUT2D eigenvalue weighted by Crippen LogP contribution is -2.27. The van der Waals surface area contributed by atoms with Crippen molar-refractivity contribution in [3.8, 4) is 0 Å². The fraction of sp³-hybridized carbons (Fsp3) is 0.882. The zero-order chi connectivity index (χ0) is 18.6. The van der Waals surface area contributed by atoms with Crippen molar-refractivity contribution in [1.29, 1.82) is 0 Å². The third kappa shape index (κ3) is 21.3. The molecule has 0 aliphatic carbocycles. The van der Waals surface area contributed by atoms with Gasteiger partial charge in [-0.3, -0.25) is 9.59 Å². The van der Waals surface area contributed by atoms with Gasteiger partial charge in [-0.25, -0.2) is 0 Å². The Kier molecular flexibility index (Phi) is 19.1. The molecule has 0 aliphatic rings. The van der Waals surface area contributed by atoms with E-state index < -0.39 is 0 Å². The van der Waals surface area contributed by atoms with Gasteiger partial charge in [-0.2, -0.15) is 11.8 Å². The van der Waals surface area contributed by atoms with Crippen LogP contribution in [0.2, 0.25) is 0 Å². The summed E-state index contributed by atoms with van der Waals surface area (Å²) in [5, 5.41) is 2.82. The number of Topliss-reactive ketones (excluding diaryl/α,β-unsaturated/α-hetero) is 1. The summed E-state index contributed by atoms with van der Waals surface area (Å²) < 4.78 is 21.3. The van der Waals surface area contributed by atoms with E-state index in [2.05, 4.69) is 5.32 Å². The molecule has 0 spiro atoms. The Morgan fingerprint density at radius 3 is 1.84 bits per heavy atom. The van der Waals surface area contributed by atoms with Crippen LogP contribution in [0.5, 0.6) is 0 Å². The predicted molar refractivity (Wildman–Crippen MR) is 99.2 cm³/mol. The van der Waals surface area contributed by atoms with Crippen LogP contribution in [0.25, 0.3) is 0 Å². The van der Waals surface area contributed by atoms with Gasteiger partial charge in [0.05, 0.1) is 52.9 Å². The van der Waals surface area contributed by atoms with Crippen molar-refractivity contribution >= 4 is 23.5 Å². The maximum Gasteiger partial charge on any atom is 0.220 e. The quantitative estimate of drug-likeness (QED) is 0.339. The molecular weight excluding hydrogens is 346 g/mol. The smallest absolute Gasteiger partial charge is 0.220 e. The number of carbonyl (C=O) groups is 2. The zero-order valence-corrected chi connectivity index (χ0v) is 16.4. The largest absolute Gasteiger partial charge is 0.379 e. The van der Waals surface area contributed by atoms with Crippen molar-refractivity contribution in [3.05, 3.63) is 0 Å². The molecular formula is C17H33NO6S. The van der Waals surface area contributed by atoms with Gasteiger partial charge in [0.15, 0.2) is 0 Å². The van der Waals surface area contributed by atoms with Gasteiger partial charge >= 0.3 is 0 Å². The van der Waals surface area contributed by atoms with Gasteiger partial charge in [-0.15, -0.1) is 0 Å². The molecule has 0 bridgehead atoms. The Morgan fingerprint density at radius 2 is 1.32 bits per heavy atom. The highest BCUT2D eigenvalue weighted by Gasteiger charge is 1.99. The monoisotopic (exact) mass is 379 g/mol. The zero-order valence-electron chi connectivity index (χ0n) is 15.6. The maximum atomic E-state index is 11.4. The van der Waals surface area contributed by atoms with Crippen molar-refractivity contribution in [2.45, 2.75) is 26.2 Å². The number of hydrogen-bond donors (Lipinski definition) is 1. The number of nitrogens with one attached hydrogen (secondary N) is 1.